The molecule has 0 bridgehead atoms. The van der Waals surface area contributed by atoms with Crippen molar-refractivity contribution in [2.45, 2.75) is 5.03 Å². The first-order valence-electron chi connectivity index (χ1n) is 6.15. The van der Waals surface area contributed by atoms with Gasteiger partial charge in [-0.1, -0.05) is 23.4 Å². The van der Waals surface area contributed by atoms with E-state index in [1.807, 2.05) is 0 Å². The number of nitrogens with one attached hydrogen (secondary N) is 1. The van der Waals surface area contributed by atoms with Crippen LogP contribution in [0.1, 0.15) is 0 Å². The molecule has 0 saturated carbocycles. The van der Waals surface area contributed by atoms with Gasteiger partial charge in [-0.25, -0.2) is 4.98 Å². The van der Waals surface area contributed by atoms with E-state index >= 15 is 0 Å². The third-order valence-electron chi connectivity index (χ3n) is 2.72. The van der Waals surface area contributed by atoms with Crippen LogP contribution in [-0.2, 0) is 4.79 Å². The van der Waals surface area contributed by atoms with Crippen LogP contribution in [0.25, 0.3) is 0 Å². The van der Waals surface area contributed by atoms with Crippen LogP contribution in [0.15, 0.2) is 41.6 Å². The number of carbonyl (C=O) groups excluding carboxylic acids is 1. The summed E-state index contributed by atoms with van der Waals surface area (Å²) in [6.07, 6.45) is 1.64. The Morgan fingerprint density at radius 1 is 1.33 bits per heavy atom. The Bertz CT molecular complexity index is 681. The van der Waals surface area contributed by atoms with Gasteiger partial charge in [-0.3, -0.25) is 4.79 Å². The lowest BCUT2D eigenvalue weighted by molar-refractivity contribution is -0.113. The van der Waals surface area contributed by atoms with Gasteiger partial charge in [0.15, 0.2) is 11.5 Å². The molecule has 7 heteroatoms. The number of aromatic nitrogens is 1. The maximum atomic E-state index is 11.9. The maximum absolute atomic E-state index is 11.9. The highest BCUT2D eigenvalue weighted by atomic mass is 35.5. The van der Waals surface area contributed by atoms with Crippen molar-refractivity contribution >= 4 is 35.0 Å². The SMILES string of the molecule is O=C(CSc1ncccc1Cl)Nc1ccc2c(c1)OCO2. The number of pyridine rings is 1. The van der Waals surface area contributed by atoms with Crippen LogP contribution in [0.5, 0.6) is 11.5 Å². The van der Waals surface area contributed by atoms with Crippen molar-refractivity contribution in [3.05, 3.63) is 41.6 Å². The summed E-state index contributed by atoms with van der Waals surface area (Å²) in [7, 11) is 0. The summed E-state index contributed by atoms with van der Waals surface area (Å²) in [5.74, 6) is 1.40. The molecule has 21 heavy (non-hydrogen) atoms. The zero-order valence-corrected chi connectivity index (χ0v) is 12.4. The van der Waals surface area contributed by atoms with Crippen molar-refractivity contribution in [2.75, 3.05) is 17.9 Å². The molecule has 0 spiro atoms. The largest absolute Gasteiger partial charge is 0.454 e. The summed E-state index contributed by atoms with van der Waals surface area (Å²) in [5.41, 5.74) is 0.664. The van der Waals surface area contributed by atoms with Crippen LogP contribution in [-0.4, -0.2) is 23.4 Å². The van der Waals surface area contributed by atoms with Gasteiger partial charge in [0.1, 0.15) is 5.03 Å². The third-order valence-corrected chi connectivity index (χ3v) is 4.14. The zero-order chi connectivity index (χ0) is 14.7. The summed E-state index contributed by atoms with van der Waals surface area (Å²) >= 11 is 7.28. The quantitative estimate of drug-likeness (QED) is 0.876. The number of hydrogen-bond acceptors (Lipinski definition) is 5. The Labute approximate surface area is 130 Å². The molecule has 1 aliphatic heterocycles. The zero-order valence-electron chi connectivity index (χ0n) is 10.8. The third kappa shape index (κ3) is 3.40. The summed E-state index contributed by atoms with van der Waals surface area (Å²) in [6, 6.07) is 8.76. The van der Waals surface area contributed by atoms with Crippen molar-refractivity contribution in [1.29, 1.82) is 0 Å². The molecule has 2 heterocycles. The van der Waals surface area contributed by atoms with Gasteiger partial charge in [0.05, 0.1) is 10.8 Å². The molecule has 0 fully saturated rings. The summed E-state index contributed by atoms with van der Waals surface area (Å²) in [6.45, 7) is 0.209. The topological polar surface area (TPSA) is 60.5 Å². The molecule has 0 atom stereocenters. The molecule has 1 aromatic heterocycles. The molecule has 1 aliphatic rings. The van der Waals surface area contributed by atoms with E-state index in [2.05, 4.69) is 10.3 Å². The second-order valence-corrected chi connectivity index (χ2v) is 5.57. The minimum absolute atomic E-state index is 0.138. The Hall–Kier alpha value is -1.92. The normalized spacial score (nSPS) is 12.2. The van der Waals surface area contributed by atoms with E-state index in [1.165, 1.54) is 11.8 Å². The van der Waals surface area contributed by atoms with Crippen molar-refractivity contribution in [3.8, 4) is 11.5 Å². The molecule has 0 radical (unpaired) electrons. The number of benzene rings is 1. The molecule has 3 rings (SSSR count). The number of nitrogens with zero attached hydrogens (tertiary/aromatic N) is 1. The van der Waals surface area contributed by atoms with Gasteiger partial charge in [0.2, 0.25) is 12.7 Å². The van der Waals surface area contributed by atoms with Crippen LogP contribution in [0.2, 0.25) is 5.02 Å². The average Bonchev–Trinajstić information content (AvgIpc) is 2.94. The predicted molar refractivity (Wildman–Crippen MR) is 81.2 cm³/mol. The number of carbonyl (C=O) groups is 1. The fourth-order valence-electron chi connectivity index (χ4n) is 1.78. The summed E-state index contributed by atoms with van der Waals surface area (Å²) < 4.78 is 10.5. The number of thioether (sulfide) groups is 1. The monoisotopic (exact) mass is 322 g/mol. The van der Waals surface area contributed by atoms with E-state index in [9.17, 15) is 4.79 Å². The average molecular weight is 323 g/mol. The van der Waals surface area contributed by atoms with Crippen molar-refractivity contribution in [3.63, 3.8) is 0 Å². The van der Waals surface area contributed by atoms with Gasteiger partial charge in [-0.05, 0) is 24.3 Å². The fraction of sp³-hybridized carbons (Fsp3) is 0.143. The van der Waals surface area contributed by atoms with Gasteiger partial charge < -0.3 is 14.8 Å². The van der Waals surface area contributed by atoms with Crippen molar-refractivity contribution < 1.29 is 14.3 Å². The first-order chi connectivity index (χ1) is 10.2. The van der Waals surface area contributed by atoms with Gasteiger partial charge >= 0.3 is 0 Å². The summed E-state index contributed by atoms with van der Waals surface area (Å²) in [5, 5.41) is 3.97. The Balaban J connectivity index is 1.58. The molecule has 1 amide bonds. The molecule has 108 valence electrons. The highest BCUT2D eigenvalue weighted by Gasteiger charge is 2.14. The van der Waals surface area contributed by atoms with Crippen LogP contribution < -0.4 is 14.8 Å². The van der Waals surface area contributed by atoms with Gasteiger partial charge in [0.25, 0.3) is 0 Å². The fourth-order valence-corrected chi connectivity index (χ4v) is 2.75. The first-order valence-corrected chi connectivity index (χ1v) is 7.51. The number of rotatable bonds is 4. The molecule has 0 saturated heterocycles. The van der Waals surface area contributed by atoms with Crippen LogP contribution >= 0.6 is 23.4 Å². The van der Waals surface area contributed by atoms with Crippen LogP contribution in [0, 0.1) is 0 Å². The Kier molecular flexibility index (Phi) is 4.17. The van der Waals surface area contributed by atoms with Crippen LogP contribution in [0.4, 0.5) is 5.69 Å². The Morgan fingerprint density at radius 3 is 3.05 bits per heavy atom. The predicted octanol–water partition coefficient (Wildman–Crippen LogP) is 3.19. The number of hydrogen-bond donors (Lipinski definition) is 1. The molecule has 1 aromatic carbocycles. The van der Waals surface area contributed by atoms with Gasteiger partial charge in [-0.15, -0.1) is 0 Å². The number of ether oxygens (including phenoxy) is 2. The minimum Gasteiger partial charge on any atom is -0.454 e. The van der Waals surface area contributed by atoms with E-state index in [-0.39, 0.29) is 18.5 Å². The second kappa shape index (κ2) is 6.24. The molecule has 1 N–H and O–H groups in total. The molecular formula is C14H11ClN2O3S. The highest BCUT2D eigenvalue weighted by molar-refractivity contribution is 8.00. The van der Waals surface area contributed by atoms with Crippen molar-refractivity contribution in [1.82, 2.24) is 4.98 Å². The lowest BCUT2D eigenvalue weighted by atomic mass is 10.3. The molecule has 0 unspecified atom stereocenters. The van der Waals surface area contributed by atoms with E-state index in [4.69, 9.17) is 21.1 Å². The molecule has 2 aromatic rings. The van der Waals surface area contributed by atoms with Crippen LogP contribution in [0.3, 0.4) is 0 Å². The van der Waals surface area contributed by atoms with Gasteiger partial charge in [-0.2, -0.15) is 0 Å². The lowest BCUT2D eigenvalue weighted by Gasteiger charge is -2.06. The second-order valence-electron chi connectivity index (χ2n) is 4.20. The lowest BCUT2D eigenvalue weighted by Crippen LogP contribution is -2.14. The number of halogens is 1. The highest BCUT2D eigenvalue weighted by Crippen LogP contribution is 2.34. The summed E-state index contributed by atoms with van der Waals surface area (Å²) in [4.78, 5) is 16.0. The molecule has 5 nitrogen and oxygen atoms in total. The maximum Gasteiger partial charge on any atom is 0.234 e. The Morgan fingerprint density at radius 2 is 2.19 bits per heavy atom. The molecule has 0 aliphatic carbocycles. The minimum atomic E-state index is -0.138. The number of anilines is 1. The smallest absolute Gasteiger partial charge is 0.234 e. The number of fused-ring (bicyclic) bond motifs is 1. The van der Waals surface area contributed by atoms with E-state index in [1.54, 1.807) is 36.5 Å². The van der Waals surface area contributed by atoms with E-state index in [0.29, 0.717) is 27.2 Å². The van der Waals surface area contributed by atoms with Gasteiger partial charge in [0, 0.05) is 18.0 Å². The first kappa shape index (κ1) is 14.0. The van der Waals surface area contributed by atoms with E-state index in [0.717, 1.165) is 0 Å². The number of amides is 1. The molecular weight excluding hydrogens is 312 g/mol. The van der Waals surface area contributed by atoms with E-state index < -0.39 is 0 Å². The standard InChI is InChI=1S/C14H11ClN2O3S/c15-10-2-1-5-16-14(10)21-7-13(18)17-9-3-4-11-12(6-9)20-8-19-11/h1-6H,7-8H2,(H,17,18). The van der Waals surface area contributed by atoms with Crippen molar-refractivity contribution in [2.24, 2.45) is 0 Å².